The fraction of sp³-hybridized carbons (Fsp3) is 0.538. The molecule has 132 valence electrons. The van der Waals surface area contributed by atoms with Crippen molar-refractivity contribution in [3.05, 3.63) is 54.9 Å². The monoisotopic (exact) mass is 348 g/mol. The summed E-state index contributed by atoms with van der Waals surface area (Å²) in [5.74, 6) is 0. The molecule has 0 unspecified atom stereocenters. The molecule has 2 aromatic rings. The number of hydrogen-bond acceptors (Lipinski definition) is 7. The highest BCUT2D eigenvalue weighted by atomic mass is 16.5. The van der Waals surface area contributed by atoms with E-state index >= 15 is 0 Å². The molecule has 0 saturated carbocycles. The Morgan fingerprint density at radius 3 is 3.08 bits per heavy atom. The molecule has 25 heavy (non-hydrogen) atoms. The summed E-state index contributed by atoms with van der Waals surface area (Å²) in [7, 11) is 0. The molecule has 0 aromatic carbocycles. The van der Waals surface area contributed by atoms with Crippen LogP contribution in [-0.4, -0.2) is 42.4 Å². The molecule has 0 aliphatic carbocycles. The van der Waals surface area contributed by atoms with Crippen molar-refractivity contribution in [2.45, 2.75) is 38.3 Å². The maximum atomic E-state index is 12.1. The summed E-state index contributed by atoms with van der Waals surface area (Å²) in [6.45, 7) is 1.35. The standard InChI is InChI=1S/C13H16N8O4/c1-7-5-20(13(24)17-12(7)23)11-2-9(10(6-22)25-11)21-8(3-15-18-14)4-16-19-21/h4-5,9-11,22H,2-3,6H2,1H3,(H,17,23,24)/t9-,10+,11+/m0/s1. The first-order chi connectivity index (χ1) is 12.0. The number of rotatable bonds is 5. The molecular formula is C13H16N8O4. The second-order valence-corrected chi connectivity index (χ2v) is 5.65. The summed E-state index contributed by atoms with van der Waals surface area (Å²) in [4.78, 5) is 28.5. The molecule has 1 aliphatic heterocycles. The Labute approximate surface area is 140 Å². The van der Waals surface area contributed by atoms with Gasteiger partial charge in [-0.2, -0.15) is 0 Å². The van der Waals surface area contributed by atoms with Crippen molar-refractivity contribution in [2.24, 2.45) is 5.11 Å². The average Bonchev–Trinajstić information content (AvgIpc) is 3.22. The van der Waals surface area contributed by atoms with Crippen LogP contribution in [0, 0.1) is 6.92 Å². The molecule has 0 amide bonds. The average molecular weight is 348 g/mol. The van der Waals surface area contributed by atoms with E-state index in [2.05, 4.69) is 25.3 Å². The Hall–Kier alpha value is -2.95. The Morgan fingerprint density at radius 1 is 1.56 bits per heavy atom. The van der Waals surface area contributed by atoms with Crippen LogP contribution in [0.3, 0.4) is 0 Å². The van der Waals surface area contributed by atoms with Gasteiger partial charge in [-0.05, 0) is 12.5 Å². The number of aliphatic hydroxyl groups is 1. The lowest BCUT2D eigenvalue weighted by Crippen LogP contribution is -2.33. The van der Waals surface area contributed by atoms with Crippen LogP contribution in [0.25, 0.3) is 10.4 Å². The fourth-order valence-electron chi connectivity index (χ4n) is 2.87. The summed E-state index contributed by atoms with van der Waals surface area (Å²) < 4.78 is 8.58. The van der Waals surface area contributed by atoms with Crippen molar-refractivity contribution in [2.75, 3.05) is 6.61 Å². The van der Waals surface area contributed by atoms with E-state index in [4.69, 9.17) is 10.3 Å². The van der Waals surface area contributed by atoms with Crippen LogP contribution in [0.1, 0.15) is 29.9 Å². The lowest BCUT2D eigenvalue weighted by molar-refractivity contribution is -0.0325. The molecule has 2 N–H and O–H groups in total. The van der Waals surface area contributed by atoms with Crippen LogP contribution in [0.2, 0.25) is 0 Å². The number of aromatic nitrogens is 5. The topological polar surface area (TPSA) is 164 Å². The largest absolute Gasteiger partial charge is 0.394 e. The number of nitrogens with zero attached hydrogens (tertiary/aromatic N) is 7. The molecule has 3 rings (SSSR count). The minimum Gasteiger partial charge on any atom is -0.394 e. The highest BCUT2D eigenvalue weighted by molar-refractivity contribution is 5.03. The van der Waals surface area contributed by atoms with Crippen molar-refractivity contribution < 1.29 is 9.84 Å². The van der Waals surface area contributed by atoms with Gasteiger partial charge in [0.25, 0.3) is 5.56 Å². The normalized spacial score (nSPS) is 22.7. The molecule has 1 saturated heterocycles. The summed E-state index contributed by atoms with van der Waals surface area (Å²) in [5, 5.41) is 20.9. The third-order valence-corrected chi connectivity index (χ3v) is 4.10. The zero-order valence-corrected chi connectivity index (χ0v) is 13.3. The first-order valence-electron chi connectivity index (χ1n) is 7.53. The van der Waals surface area contributed by atoms with Gasteiger partial charge in [0, 0.05) is 23.1 Å². The van der Waals surface area contributed by atoms with Gasteiger partial charge in [-0.1, -0.05) is 10.3 Å². The van der Waals surface area contributed by atoms with E-state index in [1.54, 1.807) is 6.92 Å². The van der Waals surface area contributed by atoms with Gasteiger partial charge in [0.05, 0.1) is 31.1 Å². The Kier molecular flexibility index (Phi) is 4.65. The molecule has 2 aromatic heterocycles. The maximum Gasteiger partial charge on any atom is 0.330 e. The summed E-state index contributed by atoms with van der Waals surface area (Å²) in [6, 6.07) is -0.402. The van der Waals surface area contributed by atoms with Gasteiger partial charge < -0.3 is 9.84 Å². The van der Waals surface area contributed by atoms with Crippen LogP contribution >= 0.6 is 0 Å². The van der Waals surface area contributed by atoms with Gasteiger partial charge in [0.1, 0.15) is 12.3 Å². The van der Waals surface area contributed by atoms with E-state index in [9.17, 15) is 14.7 Å². The lowest BCUT2D eigenvalue weighted by Gasteiger charge is -2.17. The van der Waals surface area contributed by atoms with E-state index in [1.807, 2.05) is 0 Å². The van der Waals surface area contributed by atoms with Gasteiger partial charge in [-0.15, -0.1) is 5.10 Å². The van der Waals surface area contributed by atoms with Crippen molar-refractivity contribution in [1.29, 1.82) is 0 Å². The smallest absolute Gasteiger partial charge is 0.330 e. The van der Waals surface area contributed by atoms with E-state index in [0.29, 0.717) is 17.7 Å². The number of hydrogen-bond donors (Lipinski definition) is 2. The van der Waals surface area contributed by atoms with Gasteiger partial charge in [-0.25, -0.2) is 9.48 Å². The Morgan fingerprint density at radius 2 is 2.36 bits per heavy atom. The van der Waals surface area contributed by atoms with Crippen LogP contribution in [0.5, 0.6) is 0 Å². The number of nitrogens with one attached hydrogen (secondary N) is 1. The van der Waals surface area contributed by atoms with Crippen molar-refractivity contribution >= 4 is 0 Å². The van der Waals surface area contributed by atoms with Crippen molar-refractivity contribution in [3.63, 3.8) is 0 Å². The zero-order chi connectivity index (χ0) is 18.0. The van der Waals surface area contributed by atoms with Crippen LogP contribution in [0.15, 0.2) is 27.1 Å². The van der Waals surface area contributed by atoms with Gasteiger partial charge in [0.2, 0.25) is 0 Å². The molecule has 1 aliphatic rings. The summed E-state index contributed by atoms with van der Waals surface area (Å²) >= 11 is 0. The lowest BCUT2D eigenvalue weighted by atomic mass is 10.1. The third-order valence-electron chi connectivity index (χ3n) is 4.10. The zero-order valence-electron chi connectivity index (χ0n) is 13.3. The summed E-state index contributed by atoms with van der Waals surface area (Å²) in [6.07, 6.45) is 1.90. The van der Waals surface area contributed by atoms with Crippen molar-refractivity contribution in [3.8, 4) is 0 Å². The molecular weight excluding hydrogens is 332 g/mol. The van der Waals surface area contributed by atoms with Crippen molar-refractivity contribution in [1.82, 2.24) is 24.5 Å². The van der Waals surface area contributed by atoms with Crippen LogP contribution in [-0.2, 0) is 11.3 Å². The molecule has 3 heterocycles. The third kappa shape index (κ3) is 3.18. The Balaban J connectivity index is 1.93. The number of H-pyrrole nitrogens is 1. The SMILES string of the molecule is Cc1cn([C@H]2C[C@H](n3nncc3CN=[N+]=[N-])[C@@H](CO)O2)c(=O)[nH]c1=O. The first-order valence-corrected chi connectivity index (χ1v) is 7.53. The minimum atomic E-state index is -0.679. The fourth-order valence-corrected chi connectivity index (χ4v) is 2.87. The minimum absolute atomic E-state index is 0.0561. The second kappa shape index (κ2) is 6.89. The second-order valence-electron chi connectivity index (χ2n) is 5.65. The first kappa shape index (κ1) is 16.9. The predicted molar refractivity (Wildman–Crippen MR) is 83.6 cm³/mol. The quantitative estimate of drug-likeness (QED) is 0.430. The number of azide groups is 1. The molecule has 1 fully saturated rings. The summed E-state index contributed by atoms with van der Waals surface area (Å²) in [5.41, 5.74) is 8.36. The molecule has 0 radical (unpaired) electrons. The number of ether oxygens (including phenoxy) is 1. The van der Waals surface area contributed by atoms with Gasteiger partial charge in [0.15, 0.2) is 0 Å². The molecule has 3 atom stereocenters. The van der Waals surface area contributed by atoms with Gasteiger partial charge >= 0.3 is 5.69 Å². The number of aromatic amines is 1. The predicted octanol–water partition coefficient (Wildman–Crippen LogP) is -0.232. The van der Waals surface area contributed by atoms with Gasteiger partial charge in [-0.3, -0.25) is 14.3 Å². The maximum absolute atomic E-state index is 12.1. The number of aliphatic hydroxyl groups excluding tert-OH is 1. The van der Waals surface area contributed by atoms with E-state index in [1.165, 1.54) is 21.6 Å². The number of aryl methyl sites for hydroxylation is 1. The van der Waals surface area contributed by atoms with E-state index < -0.39 is 29.6 Å². The van der Waals surface area contributed by atoms with E-state index in [-0.39, 0.29) is 13.2 Å². The molecule has 0 bridgehead atoms. The van der Waals surface area contributed by atoms with Crippen LogP contribution < -0.4 is 11.2 Å². The Bertz CT molecular complexity index is 925. The molecule has 12 nitrogen and oxygen atoms in total. The molecule has 0 spiro atoms. The highest BCUT2D eigenvalue weighted by Crippen LogP contribution is 2.36. The van der Waals surface area contributed by atoms with Crippen LogP contribution in [0.4, 0.5) is 0 Å². The molecule has 12 heteroatoms. The van der Waals surface area contributed by atoms with E-state index in [0.717, 1.165) is 0 Å². The highest BCUT2D eigenvalue weighted by Gasteiger charge is 2.39.